The van der Waals surface area contributed by atoms with Gasteiger partial charge in [0.1, 0.15) is 0 Å². The largest absolute Gasteiger partial charge is 0.373 e. The highest BCUT2D eigenvalue weighted by molar-refractivity contribution is 4.86. The minimum absolute atomic E-state index is 0.819. The summed E-state index contributed by atoms with van der Waals surface area (Å²) in [6, 6.07) is 0. The van der Waals surface area contributed by atoms with E-state index >= 15 is 0 Å². The summed E-state index contributed by atoms with van der Waals surface area (Å²) in [5, 5.41) is 0. The summed E-state index contributed by atoms with van der Waals surface area (Å²) < 4.78 is 4.83. The summed E-state index contributed by atoms with van der Waals surface area (Å²) in [5.41, 5.74) is 0. The van der Waals surface area contributed by atoms with Gasteiger partial charge in [-0.3, -0.25) is 0 Å². The van der Waals surface area contributed by atoms with Crippen LogP contribution in [0.25, 0.3) is 0 Å². The summed E-state index contributed by atoms with van der Waals surface area (Å²) in [6.45, 7) is 5.64. The van der Waals surface area contributed by atoms with E-state index in [-0.39, 0.29) is 0 Å². The maximum atomic E-state index is 4.83. The fourth-order valence-electron chi connectivity index (χ4n) is 0.340. The van der Waals surface area contributed by atoms with Gasteiger partial charge in [0.25, 0.3) is 0 Å². The van der Waals surface area contributed by atoms with Gasteiger partial charge in [-0.15, -0.1) is 0 Å². The van der Waals surface area contributed by atoms with Crippen LogP contribution in [0.15, 0.2) is 24.3 Å². The molecule has 0 aromatic carbocycles. The highest BCUT2D eigenvalue weighted by Gasteiger charge is 1.83. The highest BCUT2D eigenvalue weighted by Crippen LogP contribution is 1.85. The van der Waals surface area contributed by atoms with Gasteiger partial charge in [-0.2, -0.15) is 0 Å². The first-order valence-electron chi connectivity index (χ1n) is 3.22. The fraction of sp³-hybridized carbons (Fsp3) is 0.500. The average molecular weight is 126 g/mol. The molecule has 0 bridgehead atoms. The first-order valence-corrected chi connectivity index (χ1v) is 3.22. The lowest BCUT2D eigenvalue weighted by Crippen LogP contribution is -1.76. The van der Waals surface area contributed by atoms with Crippen molar-refractivity contribution in [2.75, 3.05) is 13.2 Å². The minimum Gasteiger partial charge on any atom is -0.373 e. The van der Waals surface area contributed by atoms with Crippen LogP contribution < -0.4 is 0 Å². The first kappa shape index (κ1) is 8.44. The van der Waals surface area contributed by atoms with Crippen LogP contribution in [0.3, 0.4) is 0 Å². The van der Waals surface area contributed by atoms with Crippen molar-refractivity contribution in [2.45, 2.75) is 13.8 Å². The second kappa shape index (κ2) is 7.44. The van der Waals surface area contributed by atoms with Crippen LogP contribution in [0, 0.1) is 0 Å². The van der Waals surface area contributed by atoms with Crippen molar-refractivity contribution in [1.82, 2.24) is 0 Å². The quantitative estimate of drug-likeness (QED) is 0.452. The van der Waals surface area contributed by atoms with Gasteiger partial charge in [-0.1, -0.05) is 24.3 Å². The third-order valence-corrected chi connectivity index (χ3v) is 0.928. The molecule has 1 rings (SSSR count). The molecular weight excluding hydrogens is 112 g/mol. The summed E-state index contributed by atoms with van der Waals surface area (Å²) in [6.07, 6.45) is 8.03. The molecule has 1 heterocycles. The zero-order valence-corrected chi connectivity index (χ0v) is 6.13. The second-order valence-electron chi connectivity index (χ2n) is 1.68. The fourth-order valence-corrected chi connectivity index (χ4v) is 0.340. The molecule has 0 fully saturated rings. The lowest BCUT2D eigenvalue weighted by Gasteiger charge is -1.77. The van der Waals surface area contributed by atoms with Gasteiger partial charge in [0.15, 0.2) is 0 Å². The average Bonchev–Trinajstić information content (AvgIpc) is 2.43. The van der Waals surface area contributed by atoms with Crippen molar-refractivity contribution in [3.8, 4) is 0 Å². The zero-order valence-electron chi connectivity index (χ0n) is 6.13. The molecule has 9 heavy (non-hydrogen) atoms. The molecule has 1 nitrogen and oxygen atoms in total. The van der Waals surface area contributed by atoms with Crippen LogP contribution in [-0.4, -0.2) is 13.2 Å². The van der Waals surface area contributed by atoms with Crippen molar-refractivity contribution >= 4 is 0 Å². The van der Waals surface area contributed by atoms with E-state index in [1.165, 1.54) is 0 Å². The maximum absolute atomic E-state index is 4.83. The molecule has 0 radical (unpaired) electrons. The number of rotatable bonds is 0. The Balaban J connectivity index is 0.000000148. The molecule has 0 unspecified atom stereocenters. The maximum Gasteiger partial charge on any atom is 0.0652 e. The molecule has 52 valence electrons. The third kappa shape index (κ3) is 7.44. The summed E-state index contributed by atoms with van der Waals surface area (Å²) in [4.78, 5) is 0. The number of ether oxygens (including phenoxy) is 1. The van der Waals surface area contributed by atoms with Crippen molar-refractivity contribution in [2.24, 2.45) is 0 Å². The molecule has 0 amide bonds. The van der Waals surface area contributed by atoms with Gasteiger partial charge in [0.05, 0.1) is 13.2 Å². The Kier molecular flexibility index (Phi) is 6.98. The lowest BCUT2D eigenvalue weighted by molar-refractivity contribution is 0.213. The Morgan fingerprint density at radius 2 is 1.56 bits per heavy atom. The SMILES string of the molecule is C/C=C/C.C1=CCOC1. The molecule has 0 N–H and O–H groups in total. The Morgan fingerprint density at radius 3 is 1.67 bits per heavy atom. The molecule has 1 aliphatic rings. The van der Waals surface area contributed by atoms with Gasteiger partial charge >= 0.3 is 0 Å². The molecule has 0 atom stereocenters. The van der Waals surface area contributed by atoms with Crippen molar-refractivity contribution < 1.29 is 4.74 Å². The monoisotopic (exact) mass is 126 g/mol. The van der Waals surface area contributed by atoms with E-state index in [0.29, 0.717) is 0 Å². The predicted molar refractivity (Wildman–Crippen MR) is 40.4 cm³/mol. The Labute approximate surface area is 57.0 Å². The number of hydrogen-bond acceptors (Lipinski definition) is 1. The zero-order chi connectivity index (χ0) is 6.95. The molecule has 0 spiro atoms. The molecular formula is C8H14O. The first-order chi connectivity index (χ1) is 4.41. The molecule has 0 aromatic heterocycles. The minimum atomic E-state index is 0.819. The van der Waals surface area contributed by atoms with E-state index in [1.807, 2.05) is 38.2 Å². The van der Waals surface area contributed by atoms with E-state index in [1.54, 1.807) is 0 Å². The van der Waals surface area contributed by atoms with Crippen LogP contribution in [-0.2, 0) is 4.74 Å². The summed E-state index contributed by atoms with van der Waals surface area (Å²) >= 11 is 0. The van der Waals surface area contributed by atoms with Crippen LogP contribution in [0.2, 0.25) is 0 Å². The molecule has 1 aliphatic heterocycles. The molecule has 0 saturated heterocycles. The second-order valence-corrected chi connectivity index (χ2v) is 1.68. The van der Waals surface area contributed by atoms with Gasteiger partial charge in [0, 0.05) is 0 Å². The van der Waals surface area contributed by atoms with Crippen LogP contribution in [0.1, 0.15) is 13.8 Å². The molecule has 1 heteroatoms. The standard InChI is InChI=1S/C4H6O.C4H8/c1-2-4-5-3-1;1-3-4-2/h1-2H,3-4H2;3-4H,1-2H3/b;4-3+. The van der Waals surface area contributed by atoms with Gasteiger partial charge < -0.3 is 4.74 Å². The van der Waals surface area contributed by atoms with Crippen molar-refractivity contribution in [3.05, 3.63) is 24.3 Å². The third-order valence-electron chi connectivity index (χ3n) is 0.928. The van der Waals surface area contributed by atoms with Crippen LogP contribution >= 0.6 is 0 Å². The van der Waals surface area contributed by atoms with E-state index in [4.69, 9.17) is 4.74 Å². The van der Waals surface area contributed by atoms with E-state index < -0.39 is 0 Å². The summed E-state index contributed by atoms with van der Waals surface area (Å²) in [7, 11) is 0. The smallest absolute Gasteiger partial charge is 0.0652 e. The van der Waals surface area contributed by atoms with Crippen molar-refractivity contribution in [1.29, 1.82) is 0 Å². The van der Waals surface area contributed by atoms with Crippen LogP contribution in [0.5, 0.6) is 0 Å². The van der Waals surface area contributed by atoms with E-state index in [0.717, 1.165) is 13.2 Å². The summed E-state index contributed by atoms with van der Waals surface area (Å²) in [5.74, 6) is 0. The van der Waals surface area contributed by atoms with E-state index in [2.05, 4.69) is 0 Å². The Bertz CT molecular complexity index is 82.7. The van der Waals surface area contributed by atoms with Gasteiger partial charge in [0.2, 0.25) is 0 Å². The topological polar surface area (TPSA) is 9.23 Å². The lowest BCUT2D eigenvalue weighted by atomic mass is 10.6. The number of allylic oxidation sites excluding steroid dienone is 2. The van der Waals surface area contributed by atoms with E-state index in [9.17, 15) is 0 Å². The Morgan fingerprint density at radius 1 is 1.11 bits per heavy atom. The van der Waals surface area contributed by atoms with Gasteiger partial charge in [-0.05, 0) is 13.8 Å². The highest BCUT2D eigenvalue weighted by atomic mass is 16.5. The number of hydrogen-bond donors (Lipinski definition) is 0. The van der Waals surface area contributed by atoms with Crippen LogP contribution in [0.4, 0.5) is 0 Å². The van der Waals surface area contributed by atoms with Crippen molar-refractivity contribution in [3.63, 3.8) is 0 Å². The molecule has 0 saturated carbocycles. The normalized spacial score (nSPS) is 15.8. The molecule has 0 aromatic rings. The van der Waals surface area contributed by atoms with Gasteiger partial charge in [-0.25, -0.2) is 0 Å². The Hall–Kier alpha value is -0.560. The predicted octanol–water partition coefficient (Wildman–Crippen LogP) is 2.16. The molecule has 0 aliphatic carbocycles.